The number of likely N-dealkylation sites (tertiary alicyclic amines) is 1. The van der Waals surface area contributed by atoms with Gasteiger partial charge in [0.2, 0.25) is 5.91 Å². The summed E-state index contributed by atoms with van der Waals surface area (Å²) in [6.07, 6.45) is 5.21. The van der Waals surface area contributed by atoms with Crippen molar-refractivity contribution in [3.8, 4) is 5.75 Å². The van der Waals surface area contributed by atoms with Gasteiger partial charge in [0.1, 0.15) is 18.1 Å². The van der Waals surface area contributed by atoms with E-state index in [4.69, 9.17) is 4.74 Å². The van der Waals surface area contributed by atoms with Crippen molar-refractivity contribution in [1.29, 1.82) is 0 Å². The molecule has 1 aromatic heterocycles. The van der Waals surface area contributed by atoms with Crippen LogP contribution in [0.3, 0.4) is 0 Å². The smallest absolute Gasteiger partial charge is 0.272 e. The molecule has 0 unspecified atom stereocenters. The lowest BCUT2D eigenvalue weighted by Gasteiger charge is -2.43. The van der Waals surface area contributed by atoms with E-state index >= 15 is 0 Å². The zero-order chi connectivity index (χ0) is 25.0. The molecule has 0 N–H and O–H groups in total. The van der Waals surface area contributed by atoms with Crippen molar-refractivity contribution in [1.82, 2.24) is 14.8 Å². The molecule has 6 heteroatoms. The first-order chi connectivity index (χ1) is 17.6. The number of likely N-dealkylation sites (N-methyl/N-ethyl adjacent to an activating group) is 1. The Morgan fingerprint density at radius 2 is 1.72 bits per heavy atom. The Bertz CT molecular complexity index is 1230. The monoisotopic (exact) mass is 485 g/mol. The number of carbonyl (C=O) groups is 2. The average molecular weight is 486 g/mol. The van der Waals surface area contributed by atoms with Crippen LogP contribution in [0.2, 0.25) is 0 Å². The Morgan fingerprint density at radius 3 is 2.56 bits per heavy atom. The van der Waals surface area contributed by atoms with Crippen LogP contribution in [0.5, 0.6) is 5.75 Å². The first-order valence-corrected chi connectivity index (χ1v) is 13.2. The van der Waals surface area contributed by atoms with Crippen LogP contribution in [-0.4, -0.2) is 59.4 Å². The molecule has 2 aromatic carbocycles. The third-order valence-corrected chi connectivity index (χ3v) is 7.89. The summed E-state index contributed by atoms with van der Waals surface area (Å²) in [6, 6.07) is 19.8. The van der Waals surface area contributed by atoms with Crippen LogP contribution >= 0.6 is 0 Å². The van der Waals surface area contributed by atoms with E-state index in [1.54, 1.807) is 0 Å². The van der Waals surface area contributed by atoms with E-state index in [-0.39, 0.29) is 11.8 Å². The molecule has 1 spiro atoms. The zero-order valence-electron chi connectivity index (χ0n) is 21.1. The van der Waals surface area contributed by atoms with Crippen LogP contribution in [0, 0.1) is 5.41 Å². The van der Waals surface area contributed by atoms with Gasteiger partial charge in [-0.05, 0) is 62.8 Å². The molecule has 3 aromatic rings. The lowest BCUT2D eigenvalue weighted by atomic mass is 9.73. The lowest BCUT2D eigenvalue weighted by molar-refractivity contribution is -0.145. The van der Waals surface area contributed by atoms with Gasteiger partial charge >= 0.3 is 0 Å². The molecule has 2 aliphatic heterocycles. The second-order valence-electron chi connectivity index (χ2n) is 10.0. The van der Waals surface area contributed by atoms with E-state index in [1.165, 1.54) is 5.56 Å². The fourth-order valence-electron chi connectivity index (χ4n) is 5.69. The van der Waals surface area contributed by atoms with E-state index < -0.39 is 5.41 Å². The largest absolute Gasteiger partial charge is 0.491 e. The van der Waals surface area contributed by atoms with E-state index in [2.05, 4.69) is 17.1 Å². The number of hydrogen-bond acceptors (Lipinski definition) is 4. The highest BCUT2D eigenvalue weighted by Crippen LogP contribution is 2.39. The van der Waals surface area contributed by atoms with Crippen molar-refractivity contribution in [2.24, 2.45) is 5.41 Å². The summed E-state index contributed by atoms with van der Waals surface area (Å²) in [4.78, 5) is 35.6. The normalized spacial score (nSPS) is 18.8. The van der Waals surface area contributed by atoms with Crippen LogP contribution < -0.4 is 4.74 Å². The molecule has 2 amide bonds. The molecule has 0 aliphatic carbocycles. The number of pyridine rings is 1. The van der Waals surface area contributed by atoms with E-state index in [1.807, 2.05) is 65.3 Å². The molecule has 0 radical (unpaired) electrons. The minimum atomic E-state index is -0.414. The molecular formula is C30H35N3O3. The van der Waals surface area contributed by atoms with Gasteiger partial charge in [0.05, 0.1) is 17.5 Å². The predicted octanol–water partition coefficient (Wildman–Crippen LogP) is 5.11. The SMILES string of the molecule is CCN1CCOc2ccccc2CCCCC2(CCN(C(=O)c3ccc4ccccc4n3)CC2)C1=O. The van der Waals surface area contributed by atoms with Crippen molar-refractivity contribution < 1.29 is 14.3 Å². The molecule has 0 saturated carbocycles. The van der Waals surface area contributed by atoms with Crippen LogP contribution in [0.15, 0.2) is 60.7 Å². The van der Waals surface area contributed by atoms with Gasteiger partial charge in [0.25, 0.3) is 5.91 Å². The number of fused-ring (bicyclic) bond motifs is 2. The number of aryl methyl sites for hydroxylation is 1. The molecule has 6 nitrogen and oxygen atoms in total. The van der Waals surface area contributed by atoms with Crippen molar-refractivity contribution in [2.45, 2.75) is 45.4 Å². The molecule has 1 fully saturated rings. The summed E-state index contributed by atoms with van der Waals surface area (Å²) in [5.41, 5.74) is 2.13. The standard InChI is InChI=1S/C30H35N3O3/c1-2-32-21-22-36-27-13-6-4-10-24(27)11-7-8-16-30(29(32)35)17-19-33(20-18-30)28(34)26-15-14-23-9-3-5-12-25(23)31-26/h3-6,9-10,12-15H,2,7-8,11,16-22H2,1H3. The number of ether oxygens (including phenoxy) is 1. The number of para-hydroxylation sites is 2. The molecule has 1 saturated heterocycles. The molecular weight excluding hydrogens is 450 g/mol. The maximum absolute atomic E-state index is 13.9. The van der Waals surface area contributed by atoms with Crippen LogP contribution in [0.1, 0.15) is 55.1 Å². The maximum atomic E-state index is 13.9. The molecule has 36 heavy (non-hydrogen) atoms. The molecule has 2 aliphatic rings. The van der Waals surface area contributed by atoms with Crippen molar-refractivity contribution in [3.63, 3.8) is 0 Å². The topological polar surface area (TPSA) is 62.7 Å². The maximum Gasteiger partial charge on any atom is 0.272 e. The molecule has 188 valence electrons. The third kappa shape index (κ3) is 4.95. The van der Waals surface area contributed by atoms with Crippen molar-refractivity contribution in [3.05, 3.63) is 71.9 Å². The lowest BCUT2D eigenvalue weighted by Crippen LogP contribution is -2.52. The first-order valence-electron chi connectivity index (χ1n) is 13.2. The van der Waals surface area contributed by atoms with Gasteiger partial charge in [-0.1, -0.05) is 48.9 Å². The van der Waals surface area contributed by atoms with Crippen molar-refractivity contribution in [2.75, 3.05) is 32.8 Å². The Hall–Kier alpha value is -3.41. The minimum absolute atomic E-state index is 0.0476. The Balaban J connectivity index is 1.31. The number of benzene rings is 2. The number of nitrogens with zero attached hydrogens (tertiary/aromatic N) is 3. The highest BCUT2D eigenvalue weighted by atomic mass is 16.5. The van der Waals surface area contributed by atoms with Gasteiger partial charge in [-0.3, -0.25) is 9.59 Å². The highest BCUT2D eigenvalue weighted by molar-refractivity contribution is 5.95. The van der Waals surface area contributed by atoms with Gasteiger partial charge in [0, 0.05) is 25.0 Å². The summed E-state index contributed by atoms with van der Waals surface area (Å²) in [6.45, 7) is 4.93. The summed E-state index contributed by atoms with van der Waals surface area (Å²) in [5.74, 6) is 1.11. The number of rotatable bonds is 2. The average Bonchev–Trinajstić information content (AvgIpc) is 2.93. The van der Waals surface area contributed by atoms with Crippen molar-refractivity contribution >= 4 is 22.7 Å². The molecule has 3 heterocycles. The molecule has 0 atom stereocenters. The third-order valence-electron chi connectivity index (χ3n) is 7.89. The quantitative estimate of drug-likeness (QED) is 0.506. The second-order valence-corrected chi connectivity index (χ2v) is 10.0. The van der Waals surface area contributed by atoms with Crippen LogP contribution in [-0.2, 0) is 11.2 Å². The molecule has 0 bridgehead atoms. The van der Waals surface area contributed by atoms with E-state index in [0.717, 1.165) is 42.3 Å². The minimum Gasteiger partial charge on any atom is -0.491 e. The van der Waals surface area contributed by atoms with E-state index in [0.29, 0.717) is 51.3 Å². The fourth-order valence-corrected chi connectivity index (χ4v) is 5.69. The van der Waals surface area contributed by atoms with Crippen LogP contribution in [0.25, 0.3) is 10.9 Å². The summed E-state index contributed by atoms with van der Waals surface area (Å²) in [7, 11) is 0. The number of amides is 2. The predicted molar refractivity (Wildman–Crippen MR) is 141 cm³/mol. The van der Waals surface area contributed by atoms with Crippen LogP contribution in [0.4, 0.5) is 0 Å². The first kappa shape index (κ1) is 24.3. The van der Waals surface area contributed by atoms with Gasteiger partial charge in [-0.15, -0.1) is 0 Å². The zero-order valence-corrected chi connectivity index (χ0v) is 21.1. The Kier molecular flexibility index (Phi) is 7.21. The number of hydrogen-bond donors (Lipinski definition) is 0. The number of piperidine rings is 1. The summed E-state index contributed by atoms with van der Waals surface area (Å²) >= 11 is 0. The number of carbonyl (C=O) groups excluding carboxylic acids is 2. The second kappa shape index (κ2) is 10.7. The van der Waals surface area contributed by atoms with E-state index in [9.17, 15) is 9.59 Å². The molecule has 5 rings (SSSR count). The van der Waals surface area contributed by atoms with Gasteiger partial charge < -0.3 is 14.5 Å². The van der Waals surface area contributed by atoms with Gasteiger partial charge in [0.15, 0.2) is 0 Å². The van der Waals surface area contributed by atoms with Gasteiger partial charge in [-0.2, -0.15) is 0 Å². The Labute approximate surface area is 213 Å². The van der Waals surface area contributed by atoms with Gasteiger partial charge in [-0.25, -0.2) is 4.98 Å². The number of aromatic nitrogens is 1. The fraction of sp³-hybridized carbons (Fsp3) is 0.433. The Morgan fingerprint density at radius 1 is 0.944 bits per heavy atom. The summed E-state index contributed by atoms with van der Waals surface area (Å²) in [5, 5.41) is 1.02. The highest BCUT2D eigenvalue weighted by Gasteiger charge is 2.43. The summed E-state index contributed by atoms with van der Waals surface area (Å²) < 4.78 is 6.09.